The zero-order chi connectivity index (χ0) is 13.7. The maximum atomic E-state index is 9.28. The molecular formula is C12H21N5O. The first-order chi connectivity index (χ1) is 8.51. The summed E-state index contributed by atoms with van der Waals surface area (Å²) < 4.78 is 6.96. The molecule has 1 unspecified atom stereocenters. The maximum Gasteiger partial charge on any atom is 0.217 e. The Bertz CT molecular complexity index is 432. The second kappa shape index (κ2) is 6.38. The number of nitrogens with one attached hydrogen (secondary N) is 1. The summed E-state index contributed by atoms with van der Waals surface area (Å²) in [5.41, 5.74) is 1.64. The number of rotatable bonds is 6. The smallest absolute Gasteiger partial charge is 0.217 e. The molecular weight excluding hydrogens is 230 g/mol. The molecule has 6 nitrogen and oxygen atoms in total. The van der Waals surface area contributed by atoms with Crippen molar-refractivity contribution in [2.24, 2.45) is 7.05 Å². The number of methoxy groups -OCH3 is 1. The zero-order valence-electron chi connectivity index (χ0n) is 11.7. The monoisotopic (exact) mass is 251 g/mol. The van der Waals surface area contributed by atoms with Gasteiger partial charge in [0.2, 0.25) is 5.88 Å². The average molecular weight is 251 g/mol. The summed E-state index contributed by atoms with van der Waals surface area (Å²) >= 11 is 0. The van der Waals surface area contributed by atoms with Crippen molar-refractivity contribution in [3.63, 3.8) is 0 Å². The van der Waals surface area contributed by atoms with E-state index in [0.29, 0.717) is 5.88 Å². The second-order valence-electron chi connectivity index (χ2n) is 4.45. The van der Waals surface area contributed by atoms with Crippen molar-refractivity contribution < 1.29 is 4.74 Å². The summed E-state index contributed by atoms with van der Waals surface area (Å²) in [6.45, 7) is 3.50. The van der Waals surface area contributed by atoms with Crippen LogP contribution < -0.4 is 10.1 Å². The predicted molar refractivity (Wildman–Crippen MR) is 69.4 cm³/mol. The van der Waals surface area contributed by atoms with Gasteiger partial charge in [-0.15, -0.1) is 0 Å². The normalized spacial score (nSPS) is 12.5. The highest BCUT2D eigenvalue weighted by Gasteiger charge is 2.22. The maximum absolute atomic E-state index is 9.28. The summed E-state index contributed by atoms with van der Waals surface area (Å²) in [5.74, 6) is 0.636. The van der Waals surface area contributed by atoms with Gasteiger partial charge in [0.15, 0.2) is 0 Å². The summed E-state index contributed by atoms with van der Waals surface area (Å²) in [6.07, 6.45) is 0. The van der Waals surface area contributed by atoms with Crippen molar-refractivity contribution in [3.05, 3.63) is 11.3 Å². The van der Waals surface area contributed by atoms with Crippen LogP contribution in [0.25, 0.3) is 0 Å². The first-order valence-corrected chi connectivity index (χ1v) is 5.86. The first-order valence-electron chi connectivity index (χ1n) is 5.86. The van der Waals surface area contributed by atoms with Crippen LogP contribution in [0.2, 0.25) is 0 Å². The van der Waals surface area contributed by atoms with Crippen molar-refractivity contribution in [1.29, 1.82) is 5.26 Å². The molecule has 1 atom stereocenters. The summed E-state index contributed by atoms with van der Waals surface area (Å²) in [6, 6.07) is 1.86. The Morgan fingerprint density at radius 3 is 2.72 bits per heavy atom. The standard InChI is InChI=1S/C12H21N5O/c1-9-11(12(18-5)17(4)15-9)10(8-13)14-6-7-16(2)3/h10,14H,6-7H2,1-5H3. The van der Waals surface area contributed by atoms with Gasteiger partial charge in [-0.2, -0.15) is 10.4 Å². The van der Waals surface area contributed by atoms with E-state index < -0.39 is 6.04 Å². The van der Waals surface area contributed by atoms with Crippen LogP contribution in [0, 0.1) is 18.3 Å². The molecule has 0 radical (unpaired) electrons. The molecule has 1 rings (SSSR count). The Balaban J connectivity index is 2.85. The van der Waals surface area contributed by atoms with Crippen LogP contribution >= 0.6 is 0 Å². The molecule has 0 saturated heterocycles. The van der Waals surface area contributed by atoms with Crippen molar-refractivity contribution in [2.45, 2.75) is 13.0 Å². The van der Waals surface area contributed by atoms with Gasteiger partial charge in [0.25, 0.3) is 0 Å². The SMILES string of the molecule is COc1c(C(C#N)NCCN(C)C)c(C)nn1C. The highest BCUT2D eigenvalue weighted by Crippen LogP contribution is 2.27. The number of nitrogens with zero attached hydrogens (tertiary/aromatic N) is 4. The Morgan fingerprint density at radius 2 is 2.22 bits per heavy atom. The summed E-state index contributed by atoms with van der Waals surface area (Å²) in [4.78, 5) is 2.06. The molecule has 0 amide bonds. The lowest BCUT2D eigenvalue weighted by Gasteiger charge is -2.15. The zero-order valence-corrected chi connectivity index (χ0v) is 11.7. The Morgan fingerprint density at radius 1 is 1.56 bits per heavy atom. The number of hydrogen-bond acceptors (Lipinski definition) is 5. The van der Waals surface area contributed by atoms with Crippen molar-refractivity contribution in [3.8, 4) is 11.9 Å². The molecule has 0 aliphatic carbocycles. The minimum atomic E-state index is -0.395. The van der Waals surface area contributed by atoms with Crippen molar-refractivity contribution in [2.75, 3.05) is 34.3 Å². The first kappa shape index (κ1) is 14.5. The van der Waals surface area contributed by atoms with Gasteiger partial charge in [0.1, 0.15) is 6.04 Å². The van der Waals surface area contributed by atoms with E-state index in [2.05, 4.69) is 21.4 Å². The predicted octanol–water partition coefficient (Wildman–Crippen LogP) is 0.453. The average Bonchev–Trinajstić information content (AvgIpc) is 2.59. The molecule has 0 saturated carbocycles. The molecule has 100 valence electrons. The van der Waals surface area contributed by atoms with E-state index in [1.165, 1.54) is 0 Å². The van der Waals surface area contributed by atoms with Crippen LogP contribution in [0.1, 0.15) is 17.3 Å². The second-order valence-corrected chi connectivity index (χ2v) is 4.45. The molecule has 0 spiro atoms. The third-order valence-corrected chi connectivity index (χ3v) is 2.73. The number of hydrogen-bond donors (Lipinski definition) is 1. The highest BCUT2D eigenvalue weighted by molar-refractivity contribution is 5.37. The van der Waals surface area contributed by atoms with Gasteiger partial charge >= 0.3 is 0 Å². The lowest BCUT2D eigenvalue weighted by atomic mass is 10.1. The molecule has 0 aliphatic rings. The fourth-order valence-corrected chi connectivity index (χ4v) is 1.87. The minimum absolute atomic E-state index is 0.395. The van der Waals surface area contributed by atoms with Crippen LogP contribution in [-0.2, 0) is 7.05 Å². The molecule has 0 aromatic carbocycles. The molecule has 1 aromatic heterocycles. The molecule has 1 aromatic rings. The van der Waals surface area contributed by atoms with E-state index in [-0.39, 0.29) is 0 Å². The minimum Gasteiger partial charge on any atom is -0.481 e. The van der Waals surface area contributed by atoms with Crippen molar-refractivity contribution >= 4 is 0 Å². The number of nitriles is 1. The van der Waals surface area contributed by atoms with E-state index in [1.54, 1.807) is 11.8 Å². The molecule has 6 heteroatoms. The van der Waals surface area contributed by atoms with E-state index in [1.807, 2.05) is 28.1 Å². The Labute approximate surface area is 108 Å². The number of likely N-dealkylation sites (N-methyl/N-ethyl adjacent to an activating group) is 1. The highest BCUT2D eigenvalue weighted by atomic mass is 16.5. The van der Waals surface area contributed by atoms with Gasteiger partial charge in [0.05, 0.1) is 24.4 Å². The number of ether oxygens (including phenoxy) is 1. The molecule has 0 bridgehead atoms. The molecule has 0 fully saturated rings. The van der Waals surface area contributed by atoms with Gasteiger partial charge in [0, 0.05) is 20.1 Å². The van der Waals surface area contributed by atoms with Crippen LogP contribution in [0.4, 0.5) is 0 Å². The van der Waals surface area contributed by atoms with Gasteiger partial charge in [-0.1, -0.05) is 0 Å². The van der Waals surface area contributed by atoms with E-state index in [9.17, 15) is 5.26 Å². The van der Waals surface area contributed by atoms with Crippen molar-refractivity contribution in [1.82, 2.24) is 20.0 Å². The van der Waals surface area contributed by atoms with Gasteiger partial charge in [-0.3, -0.25) is 5.32 Å². The lowest BCUT2D eigenvalue weighted by Crippen LogP contribution is -2.29. The molecule has 1 heterocycles. The topological polar surface area (TPSA) is 66.1 Å². The molecule has 0 aliphatic heterocycles. The van der Waals surface area contributed by atoms with Crippen LogP contribution in [0.15, 0.2) is 0 Å². The van der Waals surface area contributed by atoms with Crippen LogP contribution in [0.3, 0.4) is 0 Å². The lowest BCUT2D eigenvalue weighted by molar-refractivity contribution is 0.362. The van der Waals surface area contributed by atoms with E-state index in [4.69, 9.17) is 4.74 Å². The quantitative estimate of drug-likeness (QED) is 0.795. The Hall–Kier alpha value is -1.58. The van der Waals surface area contributed by atoms with Crippen LogP contribution in [-0.4, -0.2) is 49.0 Å². The van der Waals surface area contributed by atoms with E-state index in [0.717, 1.165) is 24.3 Å². The fourth-order valence-electron chi connectivity index (χ4n) is 1.87. The third-order valence-electron chi connectivity index (χ3n) is 2.73. The largest absolute Gasteiger partial charge is 0.481 e. The fraction of sp³-hybridized carbons (Fsp3) is 0.667. The van der Waals surface area contributed by atoms with E-state index >= 15 is 0 Å². The summed E-state index contributed by atoms with van der Waals surface area (Å²) in [7, 11) is 7.40. The van der Waals surface area contributed by atoms with Gasteiger partial charge in [-0.25, -0.2) is 4.68 Å². The number of aromatic nitrogens is 2. The molecule has 1 N–H and O–H groups in total. The van der Waals surface area contributed by atoms with Gasteiger partial charge in [-0.05, 0) is 21.0 Å². The Kier molecular flexibility index (Phi) is 5.13. The third kappa shape index (κ3) is 3.22. The summed E-state index contributed by atoms with van der Waals surface area (Å²) in [5, 5.41) is 16.8. The van der Waals surface area contributed by atoms with Gasteiger partial charge < -0.3 is 9.64 Å². The van der Waals surface area contributed by atoms with Crippen LogP contribution in [0.5, 0.6) is 5.88 Å². The number of aryl methyl sites for hydroxylation is 2. The molecule has 18 heavy (non-hydrogen) atoms.